The molecule has 1 aliphatic heterocycles. The van der Waals surface area contributed by atoms with E-state index >= 15 is 0 Å². The Balaban J connectivity index is 2.70. The molecule has 66 valence electrons. The van der Waals surface area contributed by atoms with Crippen LogP contribution in [0.3, 0.4) is 0 Å². The van der Waals surface area contributed by atoms with Crippen molar-refractivity contribution in [2.75, 3.05) is 0 Å². The third-order valence-corrected chi connectivity index (χ3v) is 1.96. The van der Waals surface area contributed by atoms with Gasteiger partial charge in [0.05, 0.1) is 11.8 Å². The van der Waals surface area contributed by atoms with Crippen molar-refractivity contribution in [1.82, 2.24) is 0 Å². The van der Waals surface area contributed by atoms with Crippen LogP contribution in [0.1, 0.15) is 20.3 Å². The molecular formula is C9H12O3. The predicted octanol–water partition coefficient (Wildman–Crippen LogP) is 1.29. The van der Waals surface area contributed by atoms with E-state index in [0.717, 1.165) is 6.42 Å². The Morgan fingerprint density at radius 3 is 2.50 bits per heavy atom. The molecule has 1 heterocycles. The second kappa shape index (κ2) is 3.52. The summed E-state index contributed by atoms with van der Waals surface area (Å²) in [5.74, 6) is -1.51. The van der Waals surface area contributed by atoms with Crippen molar-refractivity contribution >= 4 is 11.9 Å². The number of hydrogen-bond donors (Lipinski definition) is 0. The highest BCUT2D eigenvalue weighted by Crippen LogP contribution is 2.24. The number of esters is 2. The number of carbonyl (C=O) groups excluding carboxylic acids is 2. The summed E-state index contributed by atoms with van der Waals surface area (Å²) < 4.78 is 4.45. The molecule has 0 saturated carbocycles. The zero-order chi connectivity index (χ0) is 9.14. The molecule has 0 bridgehead atoms. The molecule has 12 heavy (non-hydrogen) atoms. The van der Waals surface area contributed by atoms with Crippen LogP contribution in [0.2, 0.25) is 0 Å². The number of allylic oxidation sites excluding steroid dienone is 1. The first-order chi connectivity index (χ1) is 5.66. The molecule has 1 fully saturated rings. The number of carbonyl (C=O) groups is 2. The van der Waals surface area contributed by atoms with E-state index in [9.17, 15) is 9.59 Å². The van der Waals surface area contributed by atoms with Crippen LogP contribution in [0.5, 0.6) is 0 Å². The lowest BCUT2D eigenvalue weighted by molar-refractivity contribution is -0.153. The number of cyclic esters (lactones) is 2. The molecule has 0 aliphatic carbocycles. The fourth-order valence-corrected chi connectivity index (χ4v) is 1.14. The van der Waals surface area contributed by atoms with E-state index in [1.807, 2.05) is 13.0 Å². The van der Waals surface area contributed by atoms with Gasteiger partial charge in [-0.1, -0.05) is 26.0 Å². The predicted molar refractivity (Wildman–Crippen MR) is 43.2 cm³/mol. The second-order valence-electron chi connectivity index (χ2n) is 2.89. The first kappa shape index (κ1) is 8.97. The van der Waals surface area contributed by atoms with Crippen molar-refractivity contribution in [2.24, 2.45) is 11.8 Å². The minimum atomic E-state index is -0.419. The van der Waals surface area contributed by atoms with Gasteiger partial charge in [0.2, 0.25) is 0 Å². The summed E-state index contributed by atoms with van der Waals surface area (Å²) in [5.41, 5.74) is 0. The molecule has 0 aromatic carbocycles. The molecule has 1 aliphatic rings. The van der Waals surface area contributed by atoms with E-state index in [1.165, 1.54) is 0 Å². The van der Waals surface area contributed by atoms with Crippen molar-refractivity contribution < 1.29 is 14.3 Å². The van der Waals surface area contributed by atoms with Crippen molar-refractivity contribution in [2.45, 2.75) is 20.3 Å². The summed E-state index contributed by atoms with van der Waals surface area (Å²) in [5, 5.41) is 0. The van der Waals surface area contributed by atoms with E-state index in [-0.39, 0.29) is 11.8 Å². The van der Waals surface area contributed by atoms with E-state index in [0.29, 0.717) is 0 Å². The smallest absolute Gasteiger partial charge is 0.321 e. The van der Waals surface area contributed by atoms with Gasteiger partial charge < -0.3 is 4.74 Å². The van der Waals surface area contributed by atoms with Crippen LogP contribution in [0.25, 0.3) is 0 Å². The maximum Gasteiger partial charge on any atom is 0.321 e. The van der Waals surface area contributed by atoms with Gasteiger partial charge in [-0.3, -0.25) is 9.59 Å². The first-order valence-electron chi connectivity index (χ1n) is 4.09. The Morgan fingerprint density at radius 2 is 2.08 bits per heavy atom. The van der Waals surface area contributed by atoms with Crippen LogP contribution in [0.4, 0.5) is 0 Å². The van der Waals surface area contributed by atoms with E-state index in [4.69, 9.17) is 0 Å². The fourth-order valence-electron chi connectivity index (χ4n) is 1.14. The Kier molecular flexibility index (Phi) is 2.63. The minimum Gasteiger partial charge on any atom is -0.392 e. The lowest BCUT2D eigenvalue weighted by Crippen LogP contribution is -2.11. The van der Waals surface area contributed by atoms with Crippen molar-refractivity contribution in [1.29, 1.82) is 0 Å². The molecule has 1 saturated heterocycles. The molecule has 0 aromatic heterocycles. The van der Waals surface area contributed by atoms with Gasteiger partial charge in [-0.25, -0.2) is 0 Å². The second-order valence-corrected chi connectivity index (χ2v) is 2.89. The zero-order valence-corrected chi connectivity index (χ0v) is 7.24. The maximum absolute atomic E-state index is 11.0. The molecule has 1 rings (SSSR count). The number of rotatable bonds is 2. The maximum atomic E-state index is 11.0. The summed E-state index contributed by atoms with van der Waals surface area (Å²) in [6.45, 7) is 3.68. The summed E-state index contributed by atoms with van der Waals surface area (Å²) in [4.78, 5) is 21.9. The van der Waals surface area contributed by atoms with Gasteiger partial charge >= 0.3 is 11.9 Å². The largest absolute Gasteiger partial charge is 0.392 e. The lowest BCUT2D eigenvalue weighted by Gasteiger charge is -2.00. The van der Waals surface area contributed by atoms with Crippen LogP contribution >= 0.6 is 0 Å². The average molecular weight is 168 g/mol. The van der Waals surface area contributed by atoms with Crippen molar-refractivity contribution in [3.63, 3.8) is 0 Å². The molecule has 3 nitrogen and oxygen atoms in total. The molecule has 2 atom stereocenters. The van der Waals surface area contributed by atoms with Crippen molar-refractivity contribution in [3.8, 4) is 0 Å². The van der Waals surface area contributed by atoms with Crippen LogP contribution in [0.15, 0.2) is 12.2 Å². The quantitative estimate of drug-likeness (QED) is 0.354. The summed E-state index contributed by atoms with van der Waals surface area (Å²) in [6.07, 6.45) is 4.49. The molecular weight excluding hydrogens is 156 g/mol. The Morgan fingerprint density at radius 1 is 1.42 bits per heavy atom. The van der Waals surface area contributed by atoms with E-state index in [1.54, 1.807) is 13.0 Å². The molecule has 3 heteroatoms. The van der Waals surface area contributed by atoms with Gasteiger partial charge in [0.15, 0.2) is 0 Å². The monoisotopic (exact) mass is 168 g/mol. The highest BCUT2D eigenvalue weighted by molar-refractivity contribution is 5.97. The third-order valence-electron chi connectivity index (χ3n) is 1.96. The highest BCUT2D eigenvalue weighted by Gasteiger charge is 2.39. The van der Waals surface area contributed by atoms with E-state index < -0.39 is 11.9 Å². The average Bonchev–Trinajstić information content (AvgIpc) is 2.25. The standard InChI is InChI=1S/C9H12O3/c1-3-4-5-7-6(2)8(10)12-9(7)11/h4-7H,3H2,1-2H3/b5-4+/t6-,7-/m0/s1. The number of hydrogen-bond acceptors (Lipinski definition) is 3. The summed E-state index contributed by atoms with van der Waals surface area (Å²) in [7, 11) is 0. The van der Waals surface area contributed by atoms with Gasteiger partial charge in [-0.05, 0) is 6.42 Å². The number of ether oxygens (including phenoxy) is 1. The first-order valence-corrected chi connectivity index (χ1v) is 4.09. The SMILES string of the molecule is CC/C=C/[C@@H]1C(=O)OC(=O)[C@H]1C. The van der Waals surface area contributed by atoms with Crippen molar-refractivity contribution in [3.05, 3.63) is 12.2 Å². The van der Waals surface area contributed by atoms with Crippen LogP contribution in [-0.4, -0.2) is 11.9 Å². The molecule has 0 radical (unpaired) electrons. The lowest BCUT2D eigenvalue weighted by atomic mass is 9.96. The van der Waals surface area contributed by atoms with Crippen LogP contribution < -0.4 is 0 Å². The minimum absolute atomic E-state index is 0.319. The van der Waals surface area contributed by atoms with Gasteiger partial charge in [0.25, 0.3) is 0 Å². The zero-order valence-electron chi connectivity index (χ0n) is 7.24. The fraction of sp³-hybridized carbons (Fsp3) is 0.556. The topological polar surface area (TPSA) is 43.4 Å². The summed E-state index contributed by atoms with van der Waals surface area (Å²) >= 11 is 0. The Bertz CT molecular complexity index is 230. The molecule has 0 spiro atoms. The normalized spacial score (nSPS) is 29.8. The third kappa shape index (κ3) is 1.55. The summed E-state index contributed by atoms with van der Waals surface area (Å²) in [6, 6.07) is 0. The Labute approximate surface area is 71.4 Å². The van der Waals surface area contributed by atoms with Gasteiger partial charge in [0.1, 0.15) is 0 Å². The Hall–Kier alpha value is -1.12. The molecule has 0 aromatic rings. The highest BCUT2D eigenvalue weighted by atomic mass is 16.6. The van der Waals surface area contributed by atoms with Crippen LogP contribution in [0, 0.1) is 11.8 Å². The van der Waals surface area contributed by atoms with Crippen LogP contribution in [-0.2, 0) is 14.3 Å². The molecule has 0 unspecified atom stereocenters. The molecule has 0 N–H and O–H groups in total. The van der Waals surface area contributed by atoms with Gasteiger partial charge in [-0.2, -0.15) is 0 Å². The van der Waals surface area contributed by atoms with E-state index in [2.05, 4.69) is 4.74 Å². The van der Waals surface area contributed by atoms with Gasteiger partial charge in [-0.15, -0.1) is 0 Å². The van der Waals surface area contributed by atoms with Gasteiger partial charge in [0, 0.05) is 0 Å². The molecule has 0 amide bonds.